The van der Waals surface area contributed by atoms with Crippen LogP contribution in [-0.2, 0) is 0 Å². The Labute approximate surface area is 90.5 Å². The highest BCUT2D eigenvalue weighted by molar-refractivity contribution is 6.30. The predicted molar refractivity (Wildman–Crippen MR) is 61.4 cm³/mol. The third-order valence-electron chi connectivity index (χ3n) is 2.12. The standard InChI is InChI=1S/C12H14ClN/c1-4-12(14-5-2)11-7-6-10(13)8-9(11)3/h1,6-8,12,14H,5H2,2-3H3. The molecule has 0 radical (unpaired) electrons. The van der Waals surface area contributed by atoms with Gasteiger partial charge in [-0.15, -0.1) is 6.42 Å². The number of hydrogen-bond donors (Lipinski definition) is 1. The van der Waals surface area contributed by atoms with Crippen LogP contribution in [0.5, 0.6) is 0 Å². The van der Waals surface area contributed by atoms with E-state index in [0.717, 1.165) is 22.7 Å². The monoisotopic (exact) mass is 207 g/mol. The Hall–Kier alpha value is -0.970. The second kappa shape index (κ2) is 5.05. The Balaban J connectivity index is 3.00. The van der Waals surface area contributed by atoms with Crippen molar-refractivity contribution in [3.63, 3.8) is 0 Å². The summed E-state index contributed by atoms with van der Waals surface area (Å²) < 4.78 is 0. The van der Waals surface area contributed by atoms with Crippen LogP contribution in [-0.4, -0.2) is 6.54 Å². The zero-order valence-electron chi connectivity index (χ0n) is 8.47. The summed E-state index contributed by atoms with van der Waals surface area (Å²) in [5, 5.41) is 3.98. The number of terminal acetylenes is 1. The predicted octanol–water partition coefficient (Wildman–Crippen LogP) is 2.93. The minimum atomic E-state index is -0.0164. The molecule has 0 aliphatic carbocycles. The van der Waals surface area contributed by atoms with Crippen LogP contribution in [0.1, 0.15) is 24.1 Å². The van der Waals surface area contributed by atoms with Crippen molar-refractivity contribution in [2.75, 3.05) is 6.54 Å². The number of nitrogens with one attached hydrogen (secondary N) is 1. The lowest BCUT2D eigenvalue weighted by molar-refractivity contribution is 0.662. The Morgan fingerprint density at radius 2 is 2.29 bits per heavy atom. The molecule has 0 aromatic heterocycles. The SMILES string of the molecule is C#CC(NCC)c1ccc(Cl)cc1C. The van der Waals surface area contributed by atoms with E-state index in [0.29, 0.717) is 0 Å². The van der Waals surface area contributed by atoms with E-state index in [1.807, 2.05) is 32.0 Å². The van der Waals surface area contributed by atoms with Gasteiger partial charge in [-0.05, 0) is 36.7 Å². The molecule has 74 valence electrons. The van der Waals surface area contributed by atoms with E-state index >= 15 is 0 Å². The molecule has 1 N–H and O–H groups in total. The highest BCUT2D eigenvalue weighted by Gasteiger charge is 2.09. The van der Waals surface area contributed by atoms with Crippen molar-refractivity contribution in [3.05, 3.63) is 34.3 Å². The normalized spacial score (nSPS) is 12.1. The van der Waals surface area contributed by atoms with Gasteiger partial charge in [-0.3, -0.25) is 0 Å². The molecule has 1 aromatic rings. The fourth-order valence-electron chi connectivity index (χ4n) is 1.43. The molecule has 0 heterocycles. The lowest BCUT2D eigenvalue weighted by Crippen LogP contribution is -2.19. The zero-order valence-corrected chi connectivity index (χ0v) is 9.23. The number of hydrogen-bond acceptors (Lipinski definition) is 1. The van der Waals surface area contributed by atoms with E-state index in [9.17, 15) is 0 Å². The zero-order chi connectivity index (χ0) is 10.6. The minimum Gasteiger partial charge on any atom is -0.300 e. The fourth-order valence-corrected chi connectivity index (χ4v) is 1.65. The van der Waals surface area contributed by atoms with Crippen molar-refractivity contribution in [2.24, 2.45) is 0 Å². The Morgan fingerprint density at radius 3 is 2.79 bits per heavy atom. The summed E-state index contributed by atoms with van der Waals surface area (Å²) in [5.41, 5.74) is 2.25. The smallest absolute Gasteiger partial charge is 0.0945 e. The first-order valence-electron chi connectivity index (χ1n) is 4.64. The molecule has 0 spiro atoms. The van der Waals surface area contributed by atoms with Gasteiger partial charge in [-0.2, -0.15) is 0 Å². The third-order valence-corrected chi connectivity index (χ3v) is 2.35. The summed E-state index contributed by atoms with van der Waals surface area (Å²) in [4.78, 5) is 0. The van der Waals surface area contributed by atoms with Crippen molar-refractivity contribution < 1.29 is 0 Å². The van der Waals surface area contributed by atoms with Crippen molar-refractivity contribution in [1.82, 2.24) is 5.32 Å². The van der Waals surface area contributed by atoms with E-state index in [-0.39, 0.29) is 6.04 Å². The Morgan fingerprint density at radius 1 is 1.57 bits per heavy atom. The maximum absolute atomic E-state index is 5.87. The molecule has 0 aliphatic heterocycles. The van der Waals surface area contributed by atoms with Gasteiger partial charge in [0.05, 0.1) is 6.04 Å². The number of halogens is 1. The van der Waals surface area contributed by atoms with Crippen molar-refractivity contribution >= 4 is 11.6 Å². The number of rotatable bonds is 3. The van der Waals surface area contributed by atoms with Crippen molar-refractivity contribution in [1.29, 1.82) is 0 Å². The molecule has 1 rings (SSSR count). The topological polar surface area (TPSA) is 12.0 Å². The molecule has 1 nitrogen and oxygen atoms in total. The Kier molecular flexibility index (Phi) is 4.00. The second-order valence-electron chi connectivity index (χ2n) is 3.16. The van der Waals surface area contributed by atoms with Crippen LogP contribution in [0, 0.1) is 19.3 Å². The van der Waals surface area contributed by atoms with Gasteiger partial charge in [-0.1, -0.05) is 30.5 Å². The second-order valence-corrected chi connectivity index (χ2v) is 3.59. The van der Waals surface area contributed by atoms with Crippen LogP contribution in [0.3, 0.4) is 0 Å². The van der Waals surface area contributed by atoms with E-state index < -0.39 is 0 Å². The highest BCUT2D eigenvalue weighted by atomic mass is 35.5. The van der Waals surface area contributed by atoms with Gasteiger partial charge in [0.15, 0.2) is 0 Å². The lowest BCUT2D eigenvalue weighted by Gasteiger charge is -2.14. The van der Waals surface area contributed by atoms with Gasteiger partial charge in [0.25, 0.3) is 0 Å². The van der Waals surface area contributed by atoms with Gasteiger partial charge in [0.2, 0.25) is 0 Å². The minimum absolute atomic E-state index is 0.0164. The highest BCUT2D eigenvalue weighted by Crippen LogP contribution is 2.20. The molecule has 0 bridgehead atoms. The summed E-state index contributed by atoms with van der Waals surface area (Å²) in [6.45, 7) is 4.91. The molecule has 0 saturated carbocycles. The van der Waals surface area contributed by atoms with Crippen LogP contribution in [0.4, 0.5) is 0 Å². The van der Waals surface area contributed by atoms with Crippen LogP contribution in [0.15, 0.2) is 18.2 Å². The summed E-state index contributed by atoms with van der Waals surface area (Å²) in [6, 6.07) is 5.76. The van der Waals surface area contributed by atoms with Crippen LogP contribution >= 0.6 is 11.6 Å². The summed E-state index contributed by atoms with van der Waals surface area (Å²) in [7, 11) is 0. The van der Waals surface area contributed by atoms with Gasteiger partial charge in [0.1, 0.15) is 0 Å². The number of aryl methyl sites for hydroxylation is 1. The number of benzene rings is 1. The molecule has 2 heteroatoms. The fraction of sp³-hybridized carbons (Fsp3) is 0.333. The summed E-state index contributed by atoms with van der Waals surface area (Å²) in [6.07, 6.45) is 5.45. The summed E-state index contributed by atoms with van der Waals surface area (Å²) >= 11 is 5.87. The largest absolute Gasteiger partial charge is 0.300 e. The van der Waals surface area contributed by atoms with Gasteiger partial charge < -0.3 is 5.32 Å². The Bertz CT molecular complexity index is 352. The van der Waals surface area contributed by atoms with Crippen LogP contribution < -0.4 is 5.32 Å². The average molecular weight is 208 g/mol. The summed E-state index contributed by atoms with van der Waals surface area (Å²) in [5.74, 6) is 2.73. The molecule has 1 unspecified atom stereocenters. The molecule has 1 aromatic carbocycles. The molecular formula is C12H14ClN. The molecule has 14 heavy (non-hydrogen) atoms. The maximum Gasteiger partial charge on any atom is 0.0945 e. The average Bonchev–Trinajstić information content (AvgIpc) is 2.15. The maximum atomic E-state index is 5.87. The first kappa shape index (κ1) is 11.1. The van der Waals surface area contributed by atoms with Crippen LogP contribution in [0.25, 0.3) is 0 Å². The van der Waals surface area contributed by atoms with E-state index in [4.69, 9.17) is 18.0 Å². The van der Waals surface area contributed by atoms with Gasteiger partial charge >= 0.3 is 0 Å². The van der Waals surface area contributed by atoms with E-state index in [1.54, 1.807) is 0 Å². The first-order chi connectivity index (χ1) is 6.69. The molecule has 0 amide bonds. The molecule has 0 saturated heterocycles. The van der Waals surface area contributed by atoms with E-state index in [1.165, 1.54) is 0 Å². The molecular weight excluding hydrogens is 194 g/mol. The van der Waals surface area contributed by atoms with Gasteiger partial charge in [0, 0.05) is 5.02 Å². The van der Waals surface area contributed by atoms with Gasteiger partial charge in [-0.25, -0.2) is 0 Å². The van der Waals surface area contributed by atoms with Crippen molar-refractivity contribution in [2.45, 2.75) is 19.9 Å². The third kappa shape index (κ3) is 2.51. The molecule has 1 atom stereocenters. The van der Waals surface area contributed by atoms with E-state index in [2.05, 4.69) is 11.2 Å². The first-order valence-corrected chi connectivity index (χ1v) is 5.02. The quantitative estimate of drug-likeness (QED) is 0.752. The van der Waals surface area contributed by atoms with Crippen molar-refractivity contribution in [3.8, 4) is 12.3 Å². The molecule has 0 aliphatic rings. The molecule has 0 fully saturated rings. The lowest BCUT2D eigenvalue weighted by atomic mass is 10.0. The van der Waals surface area contributed by atoms with Crippen LogP contribution in [0.2, 0.25) is 5.02 Å².